The van der Waals surface area contributed by atoms with Crippen molar-refractivity contribution < 1.29 is 9.59 Å². The molecule has 1 aromatic rings. The van der Waals surface area contributed by atoms with Crippen molar-refractivity contribution >= 4 is 11.8 Å². The van der Waals surface area contributed by atoms with Gasteiger partial charge in [0.2, 0.25) is 11.8 Å². The molecule has 2 saturated heterocycles. The van der Waals surface area contributed by atoms with Crippen LogP contribution in [0.4, 0.5) is 0 Å². The molecule has 3 heterocycles. The van der Waals surface area contributed by atoms with E-state index in [1.54, 1.807) is 19.4 Å². The Morgan fingerprint density at radius 3 is 2.28 bits per heavy atom. The van der Waals surface area contributed by atoms with Crippen molar-refractivity contribution in [1.82, 2.24) is 14.8 Å². The Balaban J connectivity index is 1.70. The number of rotatable bonds is 2. The van der Waals surface area contributed by atoms with Crippen LogP contribution in [0.2, 0.25) is 0 Å². The number of hydrogen-bond acceptors (Lipinski definition) is 4. The standard InChI is InChI=1S/C13H15N3O2/c1-15-12(17)10-7-16(8-11(10)13(15)18)6-9-2-4-14-5-3-9/h2-5,10-11H,6-8H2,1H3/t10-,11+. The van der Waals surface area contributed by atoms with E-state index in [0.29, 0.717) is 13.1 Å². The molecule has 1 aromatic heterocycles. The van der Waals surface area contributed by atoms with Gasteiger partial charge >= 0.3 is 0 Å². The summed E-state index contributed by atoms with van der Waals surface area (Å²) in [5.74, 6) is -0.321. The van der Waals surface area contributed by atoms with Gasteiger partial charge in [-0.25, -0.2) is 0 Å². The van der Waals surface area contributed by atoms with Crippen LogP contribution in [-0.4, -0.2) is 46.7 Å². The molecule has 0 unspecified atom stereocenters. The number of imide groups is 1. The fraction of sp³-hybridized carbons (Fsp3) is 0.462. The number of likely N-dealkylation sites (tertiary alicyclic amines) is 2. The molecular formula is C13H15N3O2. The number of hydrogen-bond donors (Lipinski definition) is 0. The molecule has 94 valence electrons. The van der Waals surface area contributed by atoms with Crippen molar-refractivity contribution in [2.75, 3.05) is 20.1 Å². The monoisotopic (exact) mass is 245 g/mol. The predicted molar refractivity (Wildman–Crippen MR) is 64.3 cm³/mol. The highest BCUT2D eigenvalue weighted by atomic mass is 16.2. The average molecular weight is 245 g/mol. The van der Waals surface area contributed by atoms with Crippen molar-refractivity contribution in [2.45, 2.75) is 6.54 Å². The third-order valence-electron chi connectivity index (χ3n) is 3.85. The fourth-order valence-electron chi connectivity index (χ4n) is 2.87. The second kappa shape index (κ2) is 4.17. The highest BCUT2D eigenvalue weighted by molar-refractivity contribution is 6.05. The van der Waals surface area contributed by atoms with Gasteiger partial charge in [-0.05, 0) is 17.7 Å². The minimum Gasteiger partial charge on any atom is -0.297 e. The predicted octanol–water partition coefficient (Wildman–Crippen LogP) is 0.128. The first-order chi connectivity index (χ1) is 8.66. The number of amides is 2. The van der Waals surface area contributed by atoms with Gasteiger partial charge in [0, 0.05) is 39.1 Å². The largest absolute Gasteiger partial charge is 0.297 e. The van der Waals surface area contributed by atoms with Crippen LogP contribution in [0.15, 0.2) is 24.5 Å². The van der Waals surface area contributed by atoms with Crippen LogP contribution in [0.3, 0.4) is 0 Å². The van der Waals surface area contributed by atoms with Gasteiger partial charge in [-0.1, -0.05) is 0 Å². The molecule has 2 aliphatic heterocycles. The molecule has 5 heteroatoms. The first-order valence-electron chi connectivity index (χ1n) is 6.09. The quantitative estimate of drug-likeness (QED) is 0.695. The number of nitrogens with zero attached hydrogens (tertiary/aromatic N) is 3. The summed E-state index contributed by atoms with van der Waals surface area (Å²) in [7, 11) is 1.58. The molecule has 0 aromatic carbocycles. The van der Waals surface area contributed by atoms with Crippen LogP contribution < -0.4 is 0 Å². The Morgan fingerprint density at radius 2 is 1.72 bits per heavy atom. The van der Waals surface area contributed by atoms with Crippen molar-refractivity contribution in [3.8, 4) is 0 Å². The van der Waals surface area contributed by atoms with Gasteiger partial charge in [-0.2, -0.15) is 0 Å². The number of carbonyl (C=O) groups excluding carboxylic acids is 2. The van der Waals surface area contributed by atoms with Gasteiger partial charge in [-0.15, -0.1) is 0 Å². The minimum atomic E-state index is -0.135. The summed E-state index contributed by atoms with van der Waals surface area (Å²) < 4.78 is 0. The second-order valence-electron chi connectivity index (χ2n) is 5.00. The van der Waals surface area contributed by atoms with Gasteiger partial charge in [0.1, 0.15) is 0 Å². The smallest absolute Gasteiger partial charge is 0.234 e. The number of fused-ring (bicyclic) bond motifs is 1. The van der Waals surface area contributed by atoms with Crippen LogP contribution in [-0.2, 0) is 16.1 Å². The van der Waals surface area contributed by atoms with Crippen LogP contribution in [0.5, 0.6) is 0 Å². The summed E-state index contributed by atoms with van der Waals surface area (Å²) in [6.45, 7) is 2.14. The Labute approximate surface area is 105 Å². The van der Waals surface area contributed by atoms with E-state index in [2.05, 4.69) is 9.88 Å². The van der Waals surface area contributed by atoms with Gasteiger partial charge in [0.05, 0.1) is 11.8 Å². The molecular weight excluding hydrogens is 230 g/mol. The van der Waals surface area contributed by atoms with E-state index >= 15 is 0 Å². The zero-order valence-corrected chi connectivity index (χ0v) is 10.2. The first-order valence-corrected chi connectivity index (χ1v) is 6.09. The molecule has 18 heavy (non-hydrogen) atoms. The van der Waals surface area contributed by atoms with Crippen LogP contribution in [0.1, 0.15) is 5.56 Å². The number of pyridine rings is 1. The lowest BCUT2D eigenvalue weighted by Crippen LogP contribution is -2.32. The van der Waals surface area contributed by atoms with Gasteiger partial charge in [0.25, 0.3) is 0 Å². The van der Waals surface area contributed by atoms with E-state index in [1.807, 2.05) is 12.1 Å². The molecule has 0 saturated carbocycles. The van der Waals surface area contributed by atoms with Crippen LogP contribution in [0.25, 0.3) is 0 Å². The molecule has 2 atom stereocenters. The third kappa shape index (κ3) is 1.71. The van der Waals surface area contributed by atoms with Crippen molar-refractivity contribution in [1.29, 1.82) is 0 Å². The topological polar surface area (TPSA) is 53.5 Å². The Bertz CT molecular complexity index is 464. The van der Waals surface area contributed by atoms with Crippen LogP contribution in [0, 0.1) is 11.8 Å². The Hall–Kier alpha value is -1.75. The number of aromatic nitrogens is 1. The van der Waals surface area contributed by atoms with E-state index in [1.165, 1.54) is 10.5 Å². The van der Waals surface area contributed by atoms with Gasteiger partial charge in [-0.3, -0.25) is 24.4 Å². The van der Waals surface area contributed by atoms with Crippen molar-refractivity contribution in [2.24, 2.45) is 11.8 Å². The van der Waals surface area contributed by atoms with Gasteiger partial charge < -0.3 is 0 Å². The van der Waals surface area contributed by atoms with E-state index < -0.39 is 0 Å². The van der Waals surface area contributed by atoms with Crippen molar-refractivity contribution in [3.63, 3.8) is 0 Å². The maximum absolute atomic E-state index is 11.9. The Morgan fingerprint density at radius 1 is 1.17 bits per heavy atom. The lowest BCUT2D eigenvalue weighted by atomic mass is 10.00. The molecule has 0 radical (unpaired) electrons. The summed E-state index contributed by atoms with van der Waals surface area (Å²) in [6, 6.07) is 3.92. The van der Waals surface area contributed by atoms with E-state index in [4.69, 9.17) is 0 Å². The molecule has 3 rings (SSSR count). The minimum absolute atomic E-state index is 0.0257. The lowest BCUT2D eigenvalue weighted by Gasteiger charge is -2.18. The Kier molecular flexibility index (Phi) is 2.63. The first kappa shape index (κ1) is 11.3. The molecule has 2 amide bonds. The van der Waals surface area contributed by atoms with Crippen molar-refractivity contribution in [3.05, 3.63) is 30.1 Å². The third-order valence-corrected chi connectivity index (χ3v) is 3.85. The molecule has 0 N–H and O–H groups in total. The molecule has 5 nitrogen and oxygen atoms in total. The molecule has 0 aliphatic carbocycles. The van der Waals surface area contributed by atoms with Gasteiger partial charge in [0.15, 0.2) is 0 Å². The summed E-state index contributed by atoms with van der Waals surface area (Å²) in [5.41, 5.74) is 1.17. The normalized spacial score (nSPS) is 27.9. The van der Waals surface area contributed by atoms with E-state index in [0.717, 1.165) is 6.54 Å². The lowest BCUT2D eigenvalue weighted by molar-refractivity contribution is -0.138. The van der Waals surface area contributed by atoms with E-state index in [-0.39, 0.29) is 23.7 Å². The average Bonchev–Trinajstić information content (AvgIpc) is 2.88. The summed E-state index contributed by atoms with van der Waals surface area (Å²) in [6.07, 6.45) is 3.52. The second-order valence-corrected chi connectivity index (χ2v) is 5.00. The summed E-state index contributed by atoms with van der Waals surface area (Å²) in [4.78, 5) is 31.2. The maximum Gasteiger partial charge on any atom is 0.234 e. The zero-order chi connectivity index (χ0) is 12.7. The molecule has 0 spiro atoms. The SMILES string of the molecule is CN1C(=O)[C@H]2CN(Cc3ccncc3)C[C@H]2C1=O. The zero-order valence-electron chi connectivity index (χ0n) is 10.2. The fourth-order valence-corrected chi connectivity index (χ4v) is 2.87. The molecule has 2 aliphatic rings. The molecule has 0 bridgehead atoms. The molecule has 2 fully saturated rings. The summed E-state index contributed by atoms with van der Waals surface area (Å²) >= 11 is 0. The number of carbonyl (C=O) groups is 2. The van der Waals surface area contributed by atoms with E-state index in [9.17, 15) is 9.59 Å². The van der Waals surface area contributed by atoms with Crippen LogP contribution >= 0.6 is 0 Å². The highest BCUT2D eigenvalue weighted by Gasteiger charge is 2.50. The maximum atomic E-state index is 11.9. The summed E-state index contributed by atoms with van der Waals surface area (Å²) in [5, 5.41) is 0. The highest BCUT2D eigenvalue weighted by Crippen LogP contribution is 2.33.